The number of carbonyl (C=O) groups is 1. The van der Waals surface area contributed by atoms with Crippen LogP contribution in [0.2, 0.25) is 5.02 Å². The van der Waals surface area contributed by atoms with Gasteiger partial charge in [-0.3, -0.25) is 10.1 Å². The van der Waals surface area contributed by atoms with E-state index in [-0.39, 0.29) is 21.9 Å². The third-order valence-corrected chi connectivity index (χ3v) is 7.08. The third-order valence-electron chi connectivity index (χ3n) is 4.04. The monoisotopic (exact) mass is 450 g/mol. The van der Waals surface area contributed by atoms with Crippen molar-refractivity contribution < 1.29 is 13.2 Å². The molecule has 0 bridgehead atoms. The summed E-state index contributed by atoms with van der Waals surface area (Å²) in [6, 6.07) is 14.4. The van der Waals surface area contributed by atoms with E-state index >= 15 is 0 Å². The van der Waals surface area contributed by atoms with E-state index in [1.54, 1.807) is 18.2 Å². The van der Waals surface area contributed by atoms with Crippen LogP contribution in [0.15, 0.2) is 52.9 Å². The van der Waals surface area contributed by atoms with Crippen LogP contribution in [0.4, 0.5) is 5.13 Å². The predicted molar refractivity (Wildman–Crippen MR) is 114 cm³/mol. The lowest BCUT2D eigenvalue weighted by molar-refractivity contribution is 0.102. The molecule has 0 unspecified atom stereocenters. The highest BCUT2D eigenvalue weighted by Crippen LogP contribution is 2.21. The van der Waals surface area contributed by atoms with Gasteiger partial charge in [0.25, 0.3) is 15.9 Å². The van der Waals surface area contributed by atoms with Gasteiger partial charge in [0.05, 0.1) is 0 Å². The van der Waals surface area contributed by atoms with Crippen molar-refractivity contribution in [2.24, 2.45) is 0 Å². The molecule has 0 radical (unpaired) electrons. The number of carbonyl (C=O) groups excluding carboxylic acids is 1. The maximum atomic E-state index is 12.4. The zero-order valence-corrected chi connectivity index (χ0v) is 17.9. The molecule has 0 spiro atoms. The van der Waals surface area contributed by atoms with Crippen molar-refractivity contribution >= 4 is 44.0 Å². The molecule has 3 rings (SSSR count). The van der Waals surface area contributed by atoms with E-state index in [0.29, 0.717) is 23.4 Å². The van der Waals surface area contributed by atoms with Gasteiger partial charge in [-0.1, -0.05) is 58.8 Å². The first-order valence-electron chi connectivity index (χ1n) is 8.80. The Labute approximate surface area is 178 Å². The van der Waals surface area contributed by atoms with Gasteiger partial charge in [0, 0.05) is 17.1 Å². The van der Waals surface area contributed by atoms with Crippen LogP contribution < -0.4 is 10.0 Å². The second-order valence-electron chi connectivity index (χ2n) is 6.29. The summed E-state index contributed by atoms with van der Waals surface area (Å²) in [4.78, 5) is 12.2. The van der Waals surface area contributed by atoms with Gasteiger partial charge < -0.3 is 0 Å². The Morgan fingerprint density at radius 1 is 1.10 bits per heavy atom. The minimum atomic E-state index is -3.80. The summed E-state index contributed by atoms with van der Waals surface area (Å²) in [5.74, 6) is -0.377. The first-order valence-corrected chi connectivity index (χ1v) is 11.5. The maximum Gasteiger partial charge on any atom is 0.269 e. The van der Waals surface area contributed by atoms with Crippen LogP contribution in [0.3, 0.4) is 0 Å². The van der Waals surface area contributed by atoms with Crippen LogP contribution in [0.1, 0.15) is 27.9 Å². The van der Waals surface area contributed by atoms with Gasteiger partial charge in [0.15, 0.2) is 0 Å². The molecular weight excluding hydrogens is 432 g/mol. The molecule has 0 aliphatic heterocycles. The van der Waals surface area contributed by atoms with E-state index in [1.807, 2.05) is 37.3 Å². The molecule has 2 aromatic carbocycles. The Morgan fingerprint density at radius 3 is 2.55 bits per heavy atom. The Kier molecular flexibility index (Phi) is 6.96. The van der Waals surface area contributed by atoms with Crippen molar-refractivity contribution in [2.75, 3.05) is 11.9 Å². The second-order valence-corrected chi connectivity index (χ2v) is 9.61. The fourth-order valence-corrected chi connectivity index (χ4v) is 4.73. The molecule has 1 heterocycles. The minimum Gasteiger partial charge on any atom is -0.296 e. The molecular formula is C19H19ClN4O3S2. The van der Waals surface area contributed by atoms with Gasteiger partial charge in [-0.2, -0.15) is 0 Å². The van der Waals surface area contributed by atoms with E-state index in [0.717, 1.165) is 22.5 Å². The molecule has 1 aromatic heterocycles. The zero-order chi connectivity index (χ0) is 20.9. The topological polar surface area (TPSA) is 101 Å². The summed E-state index contributed by atoms with van der Waals surface area (Å²) in [6.45, 7) is 2.16. The number of hydrogen-bond donors (Lipinski definition) is 2. The molecule has 7 nitrogen and oxygen atoms in total. The highest BCUT2D eigenvalue weighted by molar-refractivity contribution is 7.91. The molecule has 3 aromatic rings. The van der Waals surface area contributed by atoms with Crippen molar-refractivity contribution in [1.29, 1.82) is 0 Å². The van der Waals surface area contributed by atoms with Crippen LogP contribution >= 0.6 is 22.9 Å². The van der Waals surface area contributed by atoms with Gasteiger partial charge in [-0.15, -0.1) is 10.2 Å². The molecule has 152 valence electrons. The smallest absolute Gasteiger partial charge is 0.269 e. The highest BCUT2D eigenvalue weighted by Gasteiger charge is 2.20. The molecule has 0 aliphatic rings. The lowest BCUT2D eigenvalue weighted by atomic mass is 10.1. The number of halogens is 1. The van der Waals surface area contributed by atoms with Crippen molar-refractivity contribution in [3.8, 4) is 0 Å². The van der Waals surface area contributed by atoms with Crippen LogP contribution in [-0.4, -0.2) is 31.1 Å². The lowest BCUT2D eigenvalue weighted by Gasteiger charge is -2.05. The molecule has 0 fully saturated rings. The van der Waals surface area contributed by atoms with Crippen LogP contribution in [0.25, 0.3) is 0 Å². The van der Waals surface area contributed by atoms with Crippen molar-refractivity contribution in [1.82, 2.24) is 14.9 Å². The standard InChI is InChI=1S/C19H19ClN4O3S2/c1-13-8-10-15(11-9-13)17(25)22-18-23-24-19(28-18)29(26,27)21-12-4-6-14-5-2-3-7-16(14)20/h2-3,5,7-11,21H,4,6,12H2,1H3,(H,22,23,25). The predicted octanol–water partition coefficient (Wildman–Crippen LogP) is 3.66. The first-order chi connectivity index (χ1) is 13.8. The Balaban J connectivity index is 1.54. The quantitative estimate of drug-likeness (QED) is 0.403. The van der Waals surface area contributed by atoms with Crippen molar-refractivity contribution in [3.63, 3.8) is 0 Å². The van der Waals surface area contributed by atoms with Crippen molar-refractivity contribution in [2.45, 2.75) is 24.1 Å². The summed E-state index contributed by atoms with van der Waals surface area (Å²) in [5.41, 5.74) is 2.45. The molecule has 2 N–H and O–H groups in total. The van der Waals surface area contributed by atoms with Crippen LogP contribution in [0, 0.1) is 6.92 Å². The summed E-state index contributed by atoms with van der Waals surface area (Å²) in [6.07, 6.45) is 1.23. The number of hydrogen-bond acceptors (Lipinski definition) is 6. The van der Waals surface area contributed by atoms with E-state index in [1.165, 1.54) is 0 Å². The number of nitrogens with one attached hydrogen (secondary N) is 2. The van der Waals surface area contributed by atoms with Gasteiger partial charge in [-0.25, -0.2) is 13.1 Å². The van der Waals surface area contributed by atoms with Gasteiger partial charge in [-0.05, 0) is 43.5 Å². The molecule has 0 saturated carbocycles. The Hall–Kier alpha value is -2.33. The molecule has 1 amide bonds. The fourth-order valence-electron chi connectivity index (χ4n) is 2.49. The fraction of sp³-hybridized carbons (Fsp3) is 0.211. The Bertz CT molecular complexity index is 1100. The van der Waals surface area contributed by atoms with Gasteiger partial charge >= 0.3 is 0 Å². The Morgan fingerprint density at radius 2 is 1.83 bits per heavy atom. The highest BCUT2D eigenvalue weighted by atomic mass is 35.5. The molecule has 10 heteroatoms. The number of nitrogens with zero attached hydrogens (tertiary/aromatic N) is 2. The molecule has 0 atom stereocenters. The SMILES string of the molecule is Cc1ccc(C(=O)Nc2nnc(S(=O)(=O)NCCCc3ccccc3Cl)s2)cc1. The normalized spacial score (nSPS) is 11.4. The van der Waals surface area contributed by atoms with Crippen molar-refractivity contribution in [3.05, 3.63) is 70.2 Å². The average Bonchev–Trinajstić information content (AvgIpc) is 3.16. The summed E-state index contributed by atoms with van der Waals surface area (Å²) in [5, 5.41) is 10.8. The van der Waals surface area contributed by atoms with Gasteiger partial charge in [0.2, 0.25) is 9.47 Å². The van der Waals surface area contributed by atoms with E-state index < -0.39 is 10.0 Å². The van der Waals surface area contributed by atoms with Crippen LogP contribution in [0.5, 0.6) is 0 Å². The van der Waals surface area contributed by atoms with E-state index in [2.05, 4.69) is 20.2 Å². The lowest BCUT2D eigenvalue weighted by Crippen LogP contribution is -2.25. The molecule has 29 heavy (non-hydrogen) atoms. The molecule has 0 saturated heterocycles. The number of aryl methyl sites for hydroxylation is 2. The minimum absolute atomic E-state index is 0.118. The number of sulfonamides is 1. The van der Waals surface area contributed by atoms with Crippen LogP contribution in [-0.2, 0) is 16.4 Å². The number of amides is 1. The maximum absolute atomic E-state index is 12.4. The van der Waals surface area contributed by atoms with E-state index in [9.17, 15) is 13.2 Å². The summed E-state index contributed by atoms with van der Waals surface area (Å²) in [7, 11) is -3.80. The molecule has 0 aliphatic carbocycles. The number of rotatable bonds is 8. The number of benzene rings is 2. The van der Waals surface area contributed by atoms with Gasteiger partial charge in [0.1, 0.15) is 0 Å². The zero-order valence-electron chi connectivity index (χ0n) is 15.6. The third kappa shape index (κ3) is 5.83. The largest absolute Gasteiger partial charge is 0.296 e. The number of anilines is 1. The summed E-state index contributed by atoms with van der Waals surface area (Å²) < 4.78 is 27.0. The average molecular weight is 451 g/mol. The number of aromatic nitrogens is 2. The van der Waals surface area contributed by atoms with E-state index in [4.69, 9.17) is 11.6 Å². The first kappa shape index (κ1) is 21.4. The summed E-state index contributed by atoms with van der Waals surface area (Å²) >= 11 is 6.89. The second kappa shape index (κ2) is 9.45.